The van der Waals surface area contributed by atoms with E-state index in [4.69, 9.17) is 9.47 Å². The van der Waals surface area contributed by atoms with Crippen LogP contribution >= 0.6 is 0 Å². The molecule has 0 spiro atoms. The third kappa shape index (κ3) is 4.27. The molecule has 35 heavy (non-hydrogen) atoms. The maximum atomic E-state index is 13.5. The highest BCUT2D eigenvalue weighted by atomic mass is 19.1. The van der Waals surface area contributed by atoms with Crippen molar-refractivity contribution in [3.63, 3.8) is 0 Å². The van der Waals surface area contributed by atoms with Gasteiger partial charge in [0.2, 0.25) is 12.7 Å². The molecule has 7 nitrogen and oxygen atoms in total. The number of hydrogen-bond donors (Lipinski definition) is 0. The van der Waals surface area contributed by atoms with Gasteiger partial charge in [0.15, 0.2) is 11.5 Å². The number of imidazole rings is 1. The predicted molar refractivity (Wildman–Crippen MR) is 132 cm³/mol. The number of nitrogens with zero attached hydrogens (tertiary/aromatic N) is 4. The van der Waals surface area contributed by atoms with Crippen molar-refractivity contribution in [3.05, 3.63) is 83.3 Å². The van der Waals surface area contributed by atoms with E-state index in [1.165, 1.54) is 12.1 Å². The molecule has 0 unspecified atom stereocenters. The summed E-state index contributed by atoms with van der Waals surface area (Å²) < 4.78 is 27.1. The normalized spacial score (nSPS) is 15.6. The molecule has 2 aliphatic rings. The molecule has 2 aromatic carbocycles. The molecule has 5 rings (SSSR count). The molecule has 2 aliphatic heterocycles. The van der Waals surface area contributed by atoms with E-state index in [1.807, 2.05) is 53.9 Å². The molecule has 0 N–H and O–H groups in total. The Kier molecular flexibility index (Phi) is 6.03. The second kappa shape index (κ2) is 9.29. The molecule has 1 aromatic heterocycles. The minimum Gasteiger partial charge on any atom is -0.453 e. The summed E-state index contributed by atoms with van der Waals surface area (Å²) in [6, 6.07) is 9.97. The SMILES string of the molecule is CCCN1C(C=Cc2ccc(-n3cnc(C)c3)c3c2OCO3)=C(C)CC(=O)N1c1ccc(F)cc1. The number of ether oxygens (including phenoxy) is 2. The molecule has 180 valence electrons. The van der Waals surface area contributed by atoms with E-state index in [1.54, 1.807) is 23.5 Å². The van der Waals surface area contributed by atoms with Crippen LogP contribution in [0.4, 0.5) is 10.1 Å². The summed E-state index contributed by atoms with van der Waals surface area (Å²) in [6.45, 7) is 6.76. The monoisotopic (exact) mass is 474 g/mol. The molecule has 0 saturated carbocycles. The number of fused-ring (bicyclic) bond motifs is 1. The third-order valence-electron chi connectivity index (χ3n) is 6.05. The van der Waals surface area contributed by atoms with Crippen molar-refractivity contribution in [2.45, 2.75) is 33.6 Å². The van der Waals surface area contributed by atoms with Crippen molar-refractivity contribution in [2.75, 3.05) is 18.3 Å². The van der Waals surface area contributed by atoms with Crippen molar-refractivity contribution in [1.29, 1.82) is 0 Å². The van der Waals surface area contributed by atoms with E-state index in [9.17, 15) is 9.18 Å². The minimum atomic E-state index is -0.336. The first kappa shape index (κ1) is 22.7. The Balaban J connectivity index is 1.51. The van der Waals surface area contributed by atoms with Crippen LogP contribution in [-0.2, 0) is 4.79 Å². The van der Waals surface area contributed by atoms with E-state index < -0.39 is 0 Å². The third-order valence-corrected chi connectivity index (χ3v) is 6.05. The molecule has 0 fully saturated rings. The Morgan fingerprint density at radius 1 is 1.06 bits per heavy atom. The standard InChI is InChI=1S/C27H27FN4O3/c1-4-13-31-23(18(2)14-25(33)32(31)22-9-7-21(28)8-10-22)11-5-20-6-12-24(27-26(20)34-17-35-27)30-15-19(3)29-16-30/h5-12,15-16H,4,13-14,17H2,1-3H3. The molecular weight excluding hydrogens is 447 g/mol. The molecule has 0 atom stereocenters. The van der Waals surface area contributed by atoms with Gasteiger partial charge in [-0.05, 0) is 74.4 Å². The van der Waals surface area contributed by atoms with Crippen LogP contribution in [0.3, 0.4) is 0 Å². The van der Waals surface area contributed by atoms with Crippen LogP contribution in [0.1, 0.15) is 37.9 Å². The topological polar surface area (TPSA) is 59.8 Å². The molecule has 3 heterocycles. The lowest BCUT2D eigenvalue weighted by Crippen LogP contribution is -2.49. The van der Waals surface area contributed by atoms with Crippen molar-refractivity contribution in [1.82, 2.24) is 14.6 Å². The van der Waals surface area contributed by atoms with Crippen LogP contribution in [0.5, 0.6) is 11.5 Å². The molecular formula is C27H27FN4O3. The predicted octanol–water partition coefficient (Wildman–Crippen LogP) is 5.40. The van der Waals surface area contributed by atoms with Gasteiger partial charge in [-0.2, -0.15) is 0 Å². The van der Waals surface area contributed by atoms with E-state index in [2.05, 4.69) is 11.9 Å². The number of aromatic nitrogens is 2. The lowest BCUT2D eigenvalue weighted by Gasteiger charge is -2.41. The summed E-state index contributed by atoms with van der Waals surface area (Å²) in [5.41, 5.74) is 5.19. The molecule has 8 heteroatoms. The first-order valence-electron chi connectivity index (χ1n) is 11.6. The first-order chi connectivity index (χ1) is 17.0. The van der Waals surface area contributed by atoms with Crippen LogP contribution in [0.2, 0.25) is 0 Å². The van der Waals surface area contributed by atoms with Gasteiger partial charge in [0, 0.05) is 18.3 Å². The number of carbonyl (C=O) groups excluding carboxylic acids is 1. The second-order valence-corrected chi connectivity index (χ2v) is 8.64. The molecule has 0 bridgehead atoms. The number of amides is 1. The minimum absolute atomic E-state index is 0.0442. The van der Waals surface area contributed by atoms with E-state index in [-0.39, 0.29) is 24.9 Å². The largest absolute Gasteiger partial charge is 0.453 e. The smallest absolute Gasteiger partial charge is 0.249 e. The number of hydrazine groups is 1. The summed E-state index contributed by atoms with van der Waals surface area (Å²) in [5.74, 6) is 0.967. The van der Waals surface area contributed by atoms with E-state index >= 15 is 0 Å². The van der Waals surface area contributed by atoms with E-state index in [0.717, 1.165) is 34.6 Å². The number of carbonyl (C=O) groups is 1. The van der Waals surface area contributed by atoms with Gasteiger partial charge < -0.3 is 14.0 Å². The summed E-state index contributed by atoms with van der Waals surface area (Å²) >= 11 is 0. The fourth-order valence-corrected chi connectivity index (χ4v) is 4.44. The van der Waals surface area contributed by atoms with Crippen LogP contribution in [0.25, 0.3) is 11.8 Å². The number of rotatable bonds is 6. The van der Waals surface area contributed by atoms with Gasteiger partial charge >= 0.3 is 0 Å². The highest BCUT2D eigenvalue weighted by Gasteiger charge is 2.30. The van der Waals surface area contributed by atoms with Crippen molar-refractivity contribution < 1.29 is 18.7 Å². The highest BCUT2D eigenvalue weighted by Crippen LogP contribution is 2.42. The number of allylic oxidation sites excluding steroid dienone is 1. The Morgan fingerprint density at radius 3 is 2.54 bits per heavy atom. The zero-order valence-corrected chi connectivity index (χ0v) is 20.0. The van der Waals surface area contributed by atoms with Crippen molar-refractivity contribution in [2.24, 2.45) is 0 Å². The Morgan fingerprint density at radius 2 is 1.83 bits per heavy atom. The van der Waals surface area contributed by atoms with Crippen LogP contribution < -0.4 is 14.5 Å². The highest BCUT2D eigenvalue weighted by molar-refractivity contribution is 5.95. The van der Waals surface area contributed by atoms with Gasteiger partial charge in [-0.3, -0.25) is 9.80 Å². The maximum Gasteiger partial charge on any atom is 0.249 e. The Hall–Kier alpha value is -4.07. The molecule has 0 saturated heterocycles. The van der Waals surface area contributed by atoms with Gasteiger partial charge in [0.25, 0.3) is 0 Å². The van der Waals surface area contributed by atoms with Gasteiger partial charge in [0.05, 0.1) is 35.5 Å². The summed E-state index contributed by atoms with van der Waals surface area (Å²) in [6.07, 6.45) is 8.80. The first-order valence-corrected chi connectivity index (χ1v) is 11.6. The zero-order valence-electron chi connectivity index (χ0n) is 20.0. The molecule has 0 radical (unpaired) electrons. The van der Waals surface area contributed by atoms with Crippen LogP contribution in [0, 0.1) is 12.7 Å². The van der Waals surface area contributed by atoms with E-state index in [0.29, 0.717) is 23.7 Å². The molecule has 1 amide bonds. The fraction of sp³-hybridized carbons (Fsp3) is 0.259. The van der Waals surface area contributed by atoms with Crippen molar-refractivity contribution >= 4 is 17.7 Å². The summed E-state index contributed by atoms with van der Waals surface area (Å²) in [7, 11) is 0. The summed E-state index contributed by atoms with van der Waals surface area (Å²) in [4.78, 5) is 17.3. The number of aryl methyl sites for hydroxylation is 1. The molecule has 3 aromatic rings. The zero-order chi connectivity index (χ0) is 24.5. The number of anilines is 1. The number of benzene rings is 2. The summed E-state index contributed by atoms with van der Waals surface area (Å²) in [5, 5.41) is 3.61. The fourth-order valence-electron chi connectivity index (χ4n) is 4.44. The lowest BCUT2D eigenvalue weighted by atomic mass is 10.0. The average molecular weight is 475 g/mol. The number of hydrogen-bond acceptors (Lipinski definition) is 5. The Labute approximate surface area is 203 Å². The van der Waals surface area contributed by atoms with Gasteiger partial charge in [-0.25, -0.2) is 14.4 Å². The second-order valence-electron chi connectivity index (χ2n) is 8.64. The lowest BCUT2D eigenvalue weighted by molar-refractivity contribution is -0.121. The number of halogens is 1. The van der Waals surface area contributed by atoms with Crippen LogP contribution in [-0.4, -0.2) is 33.8 Å². The van der Waals surface area contributed by atoms with Crippen LogP contribution in [0.15, 0.2) is 66.3 Å². The quantitative estimate of drug-likeness (QED) is 0.479. The Bertz CT molecular complexity index is 1330. The molecule has 0 aliphatic carbocycles. The van der Waals surface area contributed by atoms with Crippen molar-refractivity contribution in [3.8, 4) is 17.2 Å². The van der Waals surface area contributed by atoms with Gasteiger partial charge in [0.1, 0.15) is 5.82 Å². The van der Waals surface area contributed by atoms with Gasteiger partial charge in [-0.15, -0.1) is 0 Å². The maximum absolute atomic E-state index is 13.5. The van der Waals surface area contributed by atoms with Gasteiger partial charge in [-0.1, -0.05) is 6.92 Å². The average Bonchev–Trinajstić information content (AvgIpc) is 3.49.